The summed E-state index contributed by atoms with van der Waals surface area (Å²) in [5.74, 6) is 0.400. The van der Waals surface area contributed by atoms with Crippen molar-refractivity contribution in [2.45, 2.75) is 6.92 Å². The number of ether oxygens (including phenoxy) is 1. The van der Waals surface area contributed by atoms with Crippen LogP contribution in [0, 0.1) is 0 Å². The lowest BCUT2D eigenvalue weighted by molar-refractivity contribution is 0.288. The van der Waals surface area contributed by atoms with E-state index in [1.807, 2.05) is 0 Å². The van der Waals surface area contributed by atoms with Crippen LogP contribution in [0.15, 0.2) is 29.0 Å². The van der Waals surface area contributed by atoms with Gasteiger partial charge >= 0.3 is 7.12 Å². The van der Waals surface area contributed by atoms with E-state index >= 15 is 0 Å². The summed E-state index contributed by atoms with van der Waals surface area (Å²) in [6.07, 6.45) is 2.89. The van der Waals surface area contributed by atoms with Gasteiger partial charge in [-0.05, 0) is 18.5 Å². The molecule has 4 nitrogen and oxygen atoms in total. The van der Waals surface area contributed by atoms with E-state index in [0.717, 1.165) is 0 Å². The zero-order chi connectivity index (χ0) is 9.56. The minimum atomic E-state index is -1.57. The molecule has 0 spiro atoms. The Morgan fingerprint density at radius 2 is 2.17 bits per heavy atom. The van der Waals surface area contributed by atoms with Crippen LogP contribution < -0.4 is 0 Å². The van der Waals surface area contributed by atoms with E-state index in [1.54, 1.807) is 13.0 Å². The quantitative estimate of drug-likeness (QED) is 0.357. The van der Waals surface area contributed by atoms with Crippen LogP contribution in [0.25, 0.3) is 0 Å². The molecule has 0 saturated heterocycles. The Hall–Kier alpha value is -1.07. The Labute approximate surface area is 72.0 Å². The molecule has 0 unspecified atom stereocenters. The first-order valence-corrected chi connectivity index (χ1v) is 3.41. The second kappa shape index (κ2) is 5.57. The maximum atomic E-state index is 8.58. The van der Waals surface area contributed by atoms with Gasteiger partial charge in [0.2, 0.25) is 5.88 Å². The second-order valence-corrected chi connectivity index (χ2v) is 2.04. The number of hydrogen-bond donors (Lipinski definition) is 2. The Morgan fingerprint density at radius 1 is 1.58 bits per heavy atom. The molecule has 0 aliphatic rings. The van der Waals surface area contributed by atoms with Gasteiger partial charge in [-0.1, -0.05) is 6.58 Å². The first-order valence-electron chi connectivity index (χ1n) is 3.41. The van der Waals surface area contributed by atoms with Crippen molar-refractivity contribution in [2.75, 3.05) is 7.11 Å². The molecule has 12 heavy (non-hydrogen) atoms. The molecular formula is C7H12BNO3. The maximum absolute atomic E-state index is 8.58. The van der Waals surface area contributed by atoms with Crippen molar-refractivity contribution in [1.82, 2.24) is 0 Å². The van der Waals surface area contributed by atoms with Crippen molar-refractivity contribution in [3.63, 3.8) is 0 Å². The number of nitrogens with zero attached hydrogens (tertiary/aromatic N) is 1. The highest BCUT2D eigenvalue weighted by molar-refractivity contribution is 6.56. The maximum Gasteiger partial charge on any atom is 0.489 e. The van der Waals surface area contributed by atoms with Crippen molar-refractivity contribution in [3.8, 4) is 0 Å². The van der Waals surface area contributed by atoms with Crippen molar-refractivity contribution >= 4 is 13.3 Å². The summed E-state index contributed by atoms with van der Waals surface area (Å²) in [6, 6.07) is 0. The molecule has 0 radical (unpaired) electrons. The lowest BCUT2D eigenvalue weighted by Gasteiger charge is -1.98. The van der Waals surface area contributed by atoms with Crippen LogP contribution in [-0.4, -0.2) is 30.5 Å². The van der Waals surface area contributed by atoms with E-state index in [4.69, 9.17) is 14.8 Å². The molecule has 66 valence electrons. The van der Waals surface area contributed by atoms with Gasteiger partial charge in [-0.15, -0.1) is 0 Å². The molecular weight excluding hydrogens is 157 g/mol. The first kappa shape index (κ1) is 10.9. The van der Waals surface area contributed by atoms with Crippen molar-refractivity contribution in [2.24, 2.45) is 4.99 Å². The summed E-state index contributed by atoms with van der Waals surface area (Å²) in [7, 11) is -0.0890. The van der Waals surface area contributed by atoms with Crippen LogP contribution in [0.5, 0.6) is 0 Å². The molecule has 0 fully saturated rings. The third-order valence-electron chi connectivity index (χ3n) is 1.15. The monoisotopic (exact) mass is 169 g/mol. The summed E-state index contributed by atoms with van der Waals surface area (Å²) in [6.45, 7) is 5.12. The highest BCUT2D eigenvalue weighted by Crippen LogP contribution is 1.97. The van der Waals surface area contributed by atoms with Gasteiger partial charge in [-0.25, -0.2) is 4.99 Å². The standard InChI is InChI=1S/C7H12BNO3/c1-4-7(12-3)9-5-6(2)8(10)11/h4-5,10-11H,2H2,1,3H3/b7-4+,9-5-. The fraction of sp³-hybridized carbons (Fsp3) is 0.286. The molecule has 2 N–H and O–H groups in total. The molecule has 0 aromatic heterocycles. The lowest BCUT2D eigenvalue weighted by Crippen LogP contribution is -2.15. The molecule has 0 aliphatic carbocycles. The molecule has 0 atom stereocenters. The van der Waals surface area contributed by atoms with Gasteiger partial charge < -0.3 is 14.8 Å². The van der Waals surface area contributed by atoms with Crippen molar-refractivity contribution < 1.29 is 14.8 Å². The summed E-state index contributed by atoms with van der Waals surface area (Å²) in [4.78, 5) is 3.78. The van der Waals surface area contributed by atoms with E-state index in [-0.39, 0.29) is 5.47 Å². The minimum Gasteiger partial charge on any atom is -0.481 e. The van der Waals surface area contributed by atoms with E-state index in [2.05, 4.69) is 11.6 Å². The topological polar surface area (TPSA) is 62.0 Å². The van der Waals surface area contributed by atoms with Gasteiger partial charge in [-0.3, -0.25) is 0 Å². The molecule has 0 amide bonds. The van der Waals surface area contributed by atoms with Crippen LogP contribution in [0.3, 0.4) is 0 Å². The summed E-state index contributed by atoms with van der Waals surface area (Å²) in [5.41, 5.74) is 0.117. The highest BCUT2D eigenvalue weighted by Gasteiger charge is 2.08. The molecule has 0 aliphatic heterocycles. The third kappa shape index (κ3) is 3.95. The summed E-state index contributed by atoms with van der Waals surface area (Å²) in [5, 5.41) is 17.2. The predicted octanol–water partition coefficient (Wildman–Crippen LogP) is 0.133. The van der Waals surface area contributed by atoms with E-state index in [0.29, 0.717) is 5.88 Å². The van der Waals surface area contributed by atoms with Crippen molar-refractivity contribution in [3.05, 3.63) is 24.0 Å². The number of methoxy groups -OCH3 is 1. The largest absolute Gasteiger partial charge is 0.489 e. The van der Waals surface area contributed by atoms with E-state index in [1.165, 1.54) is 13.3 Å². The molecule has 0 bridgehead atoms. The van der Waals surface area contributed by atoms with Gasteiger partial charge in [0, 0.05) is 6.21 Å². The predicted molar refractivity (Wildman–Crippen MR) is 48.6 cm³/mol. The Morgan fingerprint density at radius 3 is 2.50 bits per heavy atom. The molecule has 0 rings (SSSR count). The zero-order valence-corrected chi connectivity index (χ0v) is 7.19. The van der Waals surface area contributed by atoms with Gasteiger partial charge in [0.15, 0.2) is 0 Å². The van der Waals surface area contributed by atoms with Gasteiger partial charge in [-0.2, -0.15) is 0 Å². The third-order valence-corrected chi connectivity index (χ3v) is 1.15. The van der Waals surface area contributed by atoms with Crippen LogP contribution in [0.2, 0.25) is 0 Å². The fourth-order valence-corrected chi connectivity index (χ4v) is 0.458. The number of hydrogen-bond acceptors (Lipinski definition) is 4. The van der Waals surface area contributed by atoms with Crippen molar-refractivity contribution in [1.29, 1.82) is 0 Å². The minimum absolute atomic E-state index is 0.117. The zero-order valence-electron chi connectivity index (χ0n) is 7.19. The average molecular weight is 169 g/mol. The van der Waals surface area contributed by atoms with Crippen LogP contribution >= 0.6 is 0 Å². The number of rotatable bonds is 4. The second-order valence-electron chi connectivity index (χ2n) is 2.04. The normalized spacial score (nSPS) is 11.8. The van der Waals surface area contributed by atoms with Gasteiger partial charge in [0.05, 0.1) is 7.11 Å². The Balaban J connectivity index is 4.15. The van der Waals surface area contributed by atoms with E-state index < -0.39 is 7.12 Å². The summed E-state index contributed by atoms with van der Waals surface area (Å²) < 4.78 is 4.79. The molecule has 5 heteroatoms. The smallest absolute Gasteiger partial charge is 0.481 e. The Kier molecular flexibility index (Phi) is 5.07. The summed E-state index contributed by atoms with van der Waals surface area (Å²) >= 11 is 0. The molecule has 0 aromatic carbocycles. The molecule has 0 aromatic rings. The highest BCUT2D eigenvalue weighted by atomic mass is 16.5. The number of aliphatic imine (C=N–C) groups is 1. The van der Waals surface area contributed by atoms with Crippen LogP contribution in [0.1, 0.15) is 6.92 Å². The van der Waals surface area contributed by atoms with E-state index in [9.17, 15) is 0 Å². The van der Waals surface area contributed by atoms with Crippen LogP contribution in [0.4, 0.5) is 0 Å². The Bertz CT molecular complexity index is 211. The lowest BCUT2D eigenvalue weighted by atomic mass is 9.82. The molecule has 0 heterocycles. The van der Waals surface area contributed by atoms with Gasteiger partial charge in [0.25, 0.3) is 0 Å². The van der Waals surface area contributed by atoms with Crippen LogP contribution in [-0.2, 0) is 4.74 Å². The first-order chi connectivity index (χ1) is 5.61. The molecule has 0 saturated carbocycles. The van der Waals surface area contributed by atoms with Gasteiger partial charge in [0.1, 0.15) is 0 Å². The fourth-order valence-electron chi connectivity index (χ4n) is 0.458. The SMILES string of the molecule is C=C(/C=N\C(=C/C)OC)B(O)O. The number of allylic oxidation sites excluding steroid dienone is 2. The average Bonchev–Trinajstić information content (AvgIpc) is 2.05.